The van der Waals surface area contributed by atoms with E-state index in [1.807, 2.05) is 26.8 Å². The summed E-state index contributed by atoms with van der Waals surface area (Å²) in [6.45, 7) is 8.26. The zero-order valence-corrected chi connectivity index (χ0v) is 13.2. The molecule has 0 aromatic heterocycles. The van der Waals surface area contributed by atoms with Gasteiger partial charge >= 0.3 is 5.97 Å². The van der Waals surface area contributed by atoms with Crippen molar-refractivity contribution in [2.24, 2.45) is 0 Å². The molecule has 21 heavy (non-hydrogen) atoms. The summed E-state index contributed by atoms with van der Waals surface area (Å²) in [4.78, 5) is 25.8. The summed E-state index contributed by atoms with van der Waals surface area (Å²) in [5.74, 6) is -0.578. The lowest BCUT2D eigenvalue weighted by atomic mass is 10.0. The van der Waals surface area contributed by atoms with Gasteiger partial charge in [0.05, 0.1) is 6.61 Å². The summed E-state index contributed by atoms with van der Waals surface area (Å²) < 4.78 is 4.92. The number of hydrogen-bond acceptors (Lipinski definition) is 4. The van der Waals surface area contributed by atoms with Gasteiger partial charge in [-0.1, -0.05) is 13.0 Å². The normalized spacial score (nSPS) is 10.3. The Hall–Kier alpha value is -2.04. The Balaban J connectivity index is 3.00. The number of carbonyl (C=O) groups excluding carboxylic acids is 2. The number of nitrogens with two attached hydrogens (primary N) is 1. The summed E-state index contributed by atoms with van der Waals surface area (Å²) in [6, 6.07) is 3.57. The van der Waals surface area contributed by atoms with Crippen molar-refractivity contribution in [3.05, 3.63) is 28.8 Å². The maximum absolute atomic E-state index is 12.6. The van der Waals surface area contributed by atoms with Crippen LogP contribution in [0.25, 0.3) is 0 Å². The van der Waals surface area contributed by atoms with Crippen LogP contribution < -0.4 is 5.73 Å². The van der Waals surface area contributed by atoms with E-state index in [0.717, 1.165) is 17.5 Å². The van der Waals surface area contributed by atoms with Gasteiger partial charge in [-0.05, 0) is 44.4 Å². The van der Waals surface area contributed by atoms with Crippen LogP contribution in [0.3, 0.4) is 0 Å². The molecule has 0 spiro atoms. The third-order valence-corrected chi connectivity index (χ3v) is 3.25. The van der Waals surface area contributed by atoms with Crippen molar-refractivity contribution >= 4 is 17.6 Å². The van der Waals surface area contributed by atoms with E-state index in [4.69, 9.17) is 10.5 Å². The SMILES string of the molecule is CCCN(CC(=O)OCC)C(=O)c1cc(N)c(C)cc1C. The van der Waals surface area contributed by atoms with Crippen LogP contribution in [0.2, 0.25) is 0 Å². The van der Waals surface area contributed by atoms with Crippen molar-refractivity contribution in [1.82, 2.24) is 4.90 Å². The van der Waals surface area contributed by atoms with Gasteiger partial charge in [-0.3, -0.25) is 9.59 Å². The number of amides is 1. The molecule has 5 nitrogen and oxygen atoms in total. The Kier molecular flexibility index (Phi) is 6.21. The highest BCUT2D eigenvalue weighted by atomic mass is 16.5. The van der Waals surface area contributed by atoms with Gasteiger partial charge in [-0.25, -0.2) is 0 Å². The molecule has 0 saturated heterocycles. The molecule has 0 atom stereocenters. The summed E-state index contributed by atoms with van der Waals surface area (Å²) in [5.41, 5.74) is 8.81. The van der Waals surface area contributed by atoms with Crippen LogP contribution in [0.5, 0.6) is 0 Å². The third-order valence-electron chi connectivity index (χ3n) is 3.25. The number of anilines is 1. The van der Waals surface area contributed by atoms with Crippen LogP contribution in [0.15, 0.2) is 12.1 Å². The molecule has 1 amide bonds. The summed E-state index contributed by atoms with van der Waals surface area (Å²) in [7, 11) is 0. The lowest BCUT2D eigenvalue weighted by Gasteiger charge is -2.22. The zero-order chi connectivity index (χ0) is 16.0. The highest BCUT2D eigenvalue weighted by molar-refractivity contribution is 5.98. The van der Waals surface area contributed by atoms with E-state index in [-0.39, 0.29) is 12.5 Å². The molecule has 0 aliphatic carbocycles. The first kappa shape index (κ1) is 17.0. The number of esters is 1. The molecule has 0 radical (unpaired) electrons. The molecular formula is C16H24N2O3. The van der Waals surface area contributed by atoms with Crippen molar-refractivity contribution < 1.29 is 14.3 Å². The molecule has 0 aliphatic rings. The largest absolute Gasteiger partial charge is 0.465 e. The predicted octanol–water partition coefficient (Wildman–Crippen LogP) is 2.30. The standard InChI is InChI=1S/C16H24N2O3/c1-5-7-18(10-15(19)21-6-2)16(20)13-9-14(17)12(4)8-11(13)3/h8-9H,5-7,10,17H2,1-4H3. The second kappa shape index (κ2) is 7.67. The van der Waals surface area contributed by atoms with E-state index in [2.05, 4.69) is 0 Å². The van der Waals surface area contributed by atoms with Crippen molar-refractivity contribution in [3.63, 3.8) is 0 Å². The van der Waals surface area contributed by atoms with Crippen molar-refractivity contribution in [2.45, 2.75) is 34.1 Å². The minimum Gasteiger partial charge on any atom is -0.465 e. The Morgan fingerprint density at radius 3 is 2.43 bits per heavy atom. The quantitative estimate of drug-likeness (QED) is 0.645. The van der Waals surface area contributed by atoms with Gasteiger partial charge in [0.15, 0.2) is 0 Å². The van der Waals surface area contributed by atoms with Crippen molar-refractivity contribution in [1.29, 1.82) is 0 Å². The van der Waals surface area contributed by atoms with Gasteiger partial charge in [0, 0.05) is 17.8 Å². The molecule has 0 bridgehead atoms. The molecule has 1 rings (SSSR count). The van der Waals surface area contributed by atoms with E-state index in [1.54, 1.807) is 13.0 Å². The zero-order valence-electron chi connectivity index (χ0n) is 13.2. The maximum atomic E-state index is 12.6. The number of rotatable bonds is 6. The van der Waals surface area contributed by atoms with Crippen LogP contribution in [-0.2, 0) is 9.53 Å². The van der Waals surface area contributed by atoms with Crippen LogP contribution in [-0.4, -0.2) is 36.5 Å². The van der Waals surface area contributed by atoms with Gasteiger partial charge in [0.25, 0.3) is 5.91 Å². The Bertz CT molecular complexity index is 526. The van der Waals surface area contributed by atoms with Crippen LogP contribution in [0.4, 0.5) is 5.69 Å². The lowest BCUT2D eigenvalue weighted by Crippen LogP contribution is -2.37. The third kappa shape index (κ3) is 4.48. The molecular weight excluding hydrogens is 268 g/mol. The average Bonchev–Trinajstić information content (AvgIpc) is 2.42. The van der Waals surface area contributed by atoms with E-state index in [1.165, 1.54) is 4.90 Å². The predicted molar refractivity (Wildman–Crippen MR) is 83.2 cm³/mol. The number of ether oxygens (including phenoxy) is 1. The number of nitrogen functional groups attached to an aromatic ring is 1. The topological polar surface area (TPSA) is 72.6 Å². The fourth-order valence-corrected chi connectivity index (χ4v) is 2.15. The highest BCUT2D eigenvalue weighted by Crippen LogP contribution is 2.19. The summed E-state index contributed by atoms with van der Waals surface area (Å²) in [5, 5.41) is 0. The van der Waals surface area contributed by atoms with Crippen LogP contribution in [0.1, 0.15) is 41.8 Å². The Morgan fingerprint density at radius 2 is 1.86 bits per heavy atom. The molecule has 1 aromatic carbocycles. The van der Waals surface area contributed by atoms with E-state index >= 15 is 0 Å². The van der Waals surface area contributed by atoms with Crippen molar-refractivity contribution in [2.75, 3.05) is 25.4 Å². The molecule has 0 fully saturated rings. The maximum Gasteiger partial charge on any atom is 0.325 e. The minimum atomic E-state index is -0.392. The molecule has 0 aliphatic heterocycles. The Labute approximate surface area is 126 Å². The van der Waals surface area contributed by atoms with E-state index < -0.39 is 5.97 Å². The second-order valence-corrected chi connectivity index (χ2v) is 5.06. The van der Waals surface area contributed by atoms with Gasteiger partial charge < -0.3 is 15.4 Å². The molecule has 5 heteroatoms. The van der Waals surface area contributed by atoms with Crippen molar-refractivity contribution in [3.8, 4) is 0 Å². The highest BCUT2D eigenvalue weighted by Gasteiger charge is 2.21. The number of hydrogen-bond donors (Lipinski definition) is 1. The number of carbonyl (C=O) groups is 2. The average molecular weight is 292 g/mol. The molecule has 0 unspecified atom stereocenters. The lowest BCUT2D eigenvalue weighted by molar-refractivity contribution is -0.143. The number of benzene rings is 1. The summed E-state index contributed by atoms with van der Waals surface area (Å²) >= 11 is 0. The molecule has 116 valence electrons. The molecule has 0 saturated carbocycles. The van der Waals surface area contributed by atoms with Gasteiger partial charge in [0.1, 0.15) is 6.54 Å². The number of aryl methyl sites for hydroxylation is 2. The van der Waals surface area contributed by atoms with E-state index in [0.29, 0.717) is 24.4 Å². The minimum absolute atomic E-state index is 0.0340. The van der Waals surface area contributed by atoms with E-state index in [9.17, 15) is 9.59 Å². The fourth-order valence-electron chi connectivity index (χ4n) is 2.15. The van der Waals surface area contributed by atoms with Gasteiger partial charge in [-0.15, -0.1) is 0 Å². The first-order chi connectivity index (χ1) is 9.90. The first-order valence-electron chi connectivity index (χ1n) is 7.22. The number of nitrogens with zero attached hydrogens (tertiary/aromatic N) is 1. The molecule has 0 heterocycles. The second-order valence-electron chi connectivity index (χ2n) is 5.06. The molecule has 2 N–H and O–H groups in total. The summed E-state index contributed by atoms with van der Waals surface area (Å²) in [6.07, 6.45) is 0.769. The smallest absolute Gasteiger partial charge is 0.325 e. The van der Waals surface area contributed by atoms with Gasteiger partial charge in [0.2, 0.25) is 0 Å². The molecule has 1 aromatic rings. The van der Waals surface area contributed by atoms with Crippen LogP contribution >= 0.6 is 0 Å². The fraction of sp³-hybridized carbons (Fsp3) is 0.500. The monoisotopic (exact) mass is 292 g/mol. The first-order valence-corrected chi connectivity index (χ1v) is 7.22. The van der Waals surface area contributed by atoms with Crippen LogP contribution in [0, 0.1) is 13.8 Å². The Morgan fingerprint density at radius 1 is 1.19 bits per heavy atom. The van der Waals surface area contributed by atoms with Gasteiger partial charge in [-0.2, -0.15) is 0 Å².